The molecule has 0 aliphatic rings. The third kappa shape index (κ3) is 10.8. The van der Waals surface area contributed by atoms with Crippen LogP contribution in [0.25, 0.3) is 0 Å². The van der Waals surface area contributed by atoms with Crippen LogP contribution in [0.15, 0.2) is 11.3 Å². The molecular formula is C15H31IN6O2. The Kier molecular flexibility index (Phi) is 15.0. The van der Waals surface area contributed by atoms with E-state index in [9.17, 15) is 0 Å². The van der Waals surface area contributed by atoms with E-state index in [0.717, 1.165) is 37.8 Å². The van der Waals surface area contributed by atoms with Crippen molar-refractivity contribution in [2.75, 3.05) is 39.5 Å². The average molecular weight is 454 g/mol. The lowest BCUT2D eigenvalue weighted by molar-refractivity contribution is 0.0487. The smallest absolute Gasteiger partial charge is 0.191 e. The van der Waals surface area contributed by atoms with Gasteiger partial charge in [0.2, 0.25) is 0 Å². The van der Waals surface area contributed by atoms with Crippen LogP contribution in [0.5, 0.6) is 0 Å². The van der Waals surface area contributed by atoms with E-state index < -0.39 is 0 Å². The molecule has 0 radical (unpaired) electrons. The second-order valence-electron chi connectivity index (χ2n) is 5.00. The highest BCUT2D eigenvalue weighted by atomic mass is 127. The number of nitrogens with zero attached hydrogens (tertiary/aromatic N) is 4. The largest absolute Gasteiger partial charge is 0.379 e. The van der Waals surface area contributed by atoms with E-state index in [1.54, 1.807) is 4.68 Å². The molecule has 0 aromatic carbocycles. The summed E-state index contributed by atoms with van der Waals surface area (Å²) in [5.74, 6) is 1.57. The summed E-state index contributed by atoms with van der Waals surface area (Å²) in [6.07, 6.45) is 3.79. The van der Waals surface area contributed by atoms with Crippen LogP contribution < -0.4 is 10.6 Å². The second-order valence-corrected chi connectivity index (χ2v) is 5.00. The molecule has 1 rings (SSSR count). The Morgan fingerprint density at radius 2 is 1.92 bits per heavy atom. The number of hydrogen-bond acceptors (Lipinski definition) is 5. The predicted octanol–water partition coefficient (Wildman–Crippen LogP) is 1.32. The first kappa shape index (κ1) is 23.1. The van der Waals surface area contributed by atoms with Gasteiger partial charge in [-0.2, -0.15) is 5.10 Å². The molecule has 24 heavy (non-hydrogen) atoms. The zero-order valence-corrected chi connectivity index (χ0v) is 17.3. The Balaban J connectivity index is 0.00000529. The Bertz CT molecular complexity index is 441. The van der Waals surface area contributed by atoms with Crippen molar-refractivity contribution >= 4 is 29.9 Å². The van der Waals surface area contributed by atoms with Crippen molar-refractivity contribution in [3.05, 3.63) is 12.2 Å². The van der Waals surface area contributed by atoms with Crippen molar-refractivity contribution in [3.8, 4) is 0 Å². The molecule has 1 heterocycles. The van der Waals surface area contributed by atoms with Gasteiger partial charge in [-0.25, -0.2) is 9.98 Å². The van der Waals surface area contributed by atoms with Gasteiger partial charge in [0.05, 0.1) is 19.8 Å². The molecule has 0 unspecified atom stereocenters. The van der Waals surface area contributed by atoms with Crippen molar-refractivity contribution in [1.82, 2.24) is 25.4 Å². The van der Waals surface area contributed by atoms with Crippen LogP contribution in [0.2, 0.25) is 0 Å². The van der Waals surface area contributed by atoms with Crippen molar-refractivity contribution in [2.24, 2.45) is 12.0 Å². The maximum Gasteiger partial charge on any atom is 0.191 e. The summed E-state index contributed by atoms with van der Waals surface area (Å²) in [6.45, 7) is 8.87. The maximum absolute atomic E-state index is 5.52. The summed E-state index contributed by atoms with van der Waals surface area (Å²) >= 11 is 0. The van der Waals surface area contributed by atoms with Crippen LogP contribution >= 0.6 is 24.0 Å². The van der Waals surface area contributed by atoms with Crippen LogP contribution in [0.1, 0.15) is 32.5 Å². The third-order valence-electron chi connectivity index (χ3n) is 3.08. The number of aryl methyl sites for hydroxylation is 1. The van der Waals surface area contributed by atoms with Gasteiger partial charge < -0.3 is 20.1 Å². The molecule has 9 heteroatoms. The van der Waals surface area contributed by atoms with Gasteiger partial charge in [-0.05, 0) is 13.3 Å². The SMILES string of the molecule is CCCCOCCOCCNC(=NCc1ncnn1C)NCC.I. The van der Waals surface area contributed by atoms with E-state index in [1.807, 2.05) is 14.0 Å². The van der Waals surface area contributed by atoms with E-state index in [1.165, 1.54) is 6.33 Å². The molecule has 0 saturated heterocycles. The molecule has 0 fully saturated rings. The Morgan fingerprint density at radius 3 is 2.54 bits per heavy atom. The topological polar surface area (TPSA) is 85.6 Å². The lowest BCUT2D eigenvalue weighted by Crippen LogP contribution is -2.39. The fourth-order valence-electron chi connectivity index (χ4n) is 1.76. The summed E-state index contributed by atoms with van der Waals surface area (Å²) in [7, 11) is 1.86. The minimum Gasteiger partial charge on any atom is -0.379 e. The summed E-state index contributed by atoms with van der Waals surface area (Å²) in [6, 6.07) is 0. The highest BCUT2D eigenvalue weighted by Gasteiger charge is 2.01. The van der Waals surface area contributed by atoms with Crippen molar-refractivity contribution < 1.29 is 9.47 Å². The summed E-state index contributed by atoms with van der Waals surface area (Å²) < 4.78 is 12.7. The monoisotopic (exact) mass is 454 g/mol. The molecule has 2 N–H and O–H groups in total. The van der Waals surface area contributed by atoms with Gasteiger partial charge in [0.15, 0.2) is 5.96 Å². The van der Waals surface area contributed by atoms with Gasteiger partial charge in [-0.15, -0.1) is 24.0 Å². The van der Waals surface area contributed by atoms with E-state index in [4.69, 9.17) is 9.47 Å². The minimum atomic E-state index is 0. The van der Waals surface area contributed by atoms with Crippen LogP contribution in [-0.4, -0.2) is 60.2 Å². The van der Waals surface area contributed by atoms with Crippen molar-refractivity contribution in [1.29, 1.82) is 0 Å². The molecule has 140 valence electrons. The zero-order valence-electron chi connectivity index (χ0n) is 15.0. The number of unbranched alkanes of at least 4 members (excludes halogenated alkanes) is 1. The summed E-state index contributed by atoms with van der Waals surface area (Å²) in [5, 5.41) is 10.4. The molecule has 0 aliphatic carbocycles. The zero-order chi connectivity index (χ0) is 16.8. The quantitative estimate of drug-likeness (QED) is 0.215. The first-order valence-electron chi connectivity index (χ1n) is 8.28. The van der Waals surface area contributed by atoms with Gasteiger partial charge in [0.25, 0.3) is 0 Å². The standard InChI is InChI=1S/C15H30N6O2.HI/c1-4-6-8-22-10-11-23-9-7-17-15(16-5-2)18-12-14-19-13-20-21(14)3;/h13H,4-12H2,1-3H3,(H2,16,17,18);1H. The summed E-state index contributed by atoms with van der Waals surface area (Å²) in [4.78, 5) is 8.63. The molecule has 1 aromatic rings. The van der Waals surface area contributed by atoms with Gasteiger partial charge in [-0.3, -0.25) is 4.68 Å². The number of hydrogen-bond donors (Lipinski definition) is 2. The number of aliphatic imine (C=N–C) groups is 1. The number of halogens is 1. The Labute approximate surface area is 161 Å². The van der Waals surface area contributed by atoms with E-state index >= 15 is 0 Å². The molecule has 0 atom stereocenters. The van der Waals surface area contributed by atoms with Gasteiger partial charge in [0, 0.05) is 26.7 Å². The molecule has 0 bridgehead atoms. The number of ether oxygens (including phenoxy) is 2. The van der Waals surface area contributed by atoms with Crippen LogP contribution in [0.4, 0.5) is 0 Å². The van der Waals surface area contributed by atoms with Crippen LogP contribution in [0, 0.1) is 0 Å². The molecule has 0 saturated carbocycles. The lowest BCUT2D eigenvalue weighted by atomic mass is 10.4. The number of nitrogens with one attached hydrogen (secondary N) is 2. The maximum atomic E-state index is 5.52. The molecule has 0 amide bonds. The van der Waals surface area contributed by atoms with E-state index in [2.05, 4.69) is 32.6 Å². The van der Waals surface area contributed by atoms with Crippen LogP contribution in [0.3, 0.4) is 0 Å². The number of aromatic nitrogens is 3. The minimum absolute atomic E-state index is 0. The molecular weight excluding hydrogens is 423 g/mol. The van der Waals surface area contributed by atoms with Gasteiger partial charge in [-0.1, -0.05) is 13.3 Å². The normalized spacial score (nSPS) is 11.2. The predicted molar refractivity (Wildman–Crippen MR) is 106 cm³/mol. The van der Waals surface area contributed by atoms with Gasteiger partial charge in [0.1, 0.15) is 18.7 Å². The fraction of sp³-hybridized carbons (Fsp3) is 0.800. The molecule has 8 nitrogen and oxygen atoms in total. The van der Waals surface area contributed by atoms with E-state index in [0.29, 0.717) is 32.9 Å². The van der Waals surface area contributed by atoms with Gasteiger partial charge >= 0.3 is 0 Å². The molecule has 0 spiro atoms. The van der Waals surface area contributed by atoms with Crippen molar-refractivity contribution in [3.63, 3.8) is 0 Å². The summed E-state index contributed by atoms with van der Waals surface area (Å²) in [5.41, 5.74) is 0. The molecule has 0 aliphatic heterocycles. The fourth-order valence-corrected chi connectivity index (χ4v) is 1.76. The lowest BCUT2D eigenvalue weighted by Gasteiger charge is -2.11. The third-order valence-corrected chi connectivity index (χ3v) is 3.08. The highest BCUT2D eigenvalue weighted by Crippen LogP contribution is 1.93. The van der Waals surface area contributed by atoms with Crippen molar-refractivity contribution in [2.45, 2.75) is 33.2 Å². The number of guanidine groups is 1. The average Bonchev–Trinajstić information content (AvgIpc) is 2.96. The first-order chi connectivity index (χ1) is 11.3. The number of rotatable bonds is 12. The second kappa shape index (κ2) is 15.6. The van der Waals surface area contributed by atoms with E-state index in [-0.39, 0.29) is 24.0 Å². The van der Waals surface area contributed by atoms with Crippen LogP contribution in [-0.2, 0) is 23.1 Å². The Morgan fingerprint density at radius 1 is 1.17 bits per heavy atom. The Hall–Kier alpha value is -0.940. The first-order valence-corrected chi connectivity index (χ1v) is 8.28. The highest BCUT2D eigenvalue weighted by molar-refractivity contribution is 14.0. The molecule has 1 aromatic heterocycles.